The van der Waals surface area contributed by atoms with Gasteiger partial charge in [0.1, 0.15) is 23.7 Å². The van der Waals surface area contributed by atoms with Crippen LogP contribution in [0.3, 0.4) is 0 Å². The van der Waals surface area contributed by atoms with Crippen molar-refractivity contribution in [3.8, 4) is 0 Å². The van der Waals surface area contributed by atoms with Gasteiger partial charge in [0, 0.05) is 30.3 Å². The van der Waals surface area contributed by atoms with Gasteiger partial charge < -0.3 is 19.9 Å². The van der Waals surface area contributed by atoms with Crippen LogP contribution in [0.5, 0.6) is 0 Å². The van der Waals surface area contributed by atoms with E-state index in [0.29, 0.717) is 12.1 Å². The molecule has 1 aliphatic heterocycles. The zero-order chi connectivity index (χ0) is 20.4. The van der Waals surface area contributed by atoms with Crippen LogP contribution in [0.15, 0.2) is 24.5 Å². The van der Waals surface area contributed by atoms with Crippen molar-refractivity contribution in [2.24, 2.45) is 5.92 Å². The van der Waals surface area contributed by atoms with E-state index in [9.17, 15) is 18.4 Å². The zero-order valence-electron chi connectivity index (χ0n) is 15.8. The minimum absolute atomic E-state index is 0.128. The van der Waals surface area contributed by atoms with Crippen molar-refractivity contribution < 1.29 is 23.1 Å². The number of carbonyl (C=O) groups excluding carboxylic acids is 2. The lowest BCUT2D eigenvalue weighted by Gasteiger charge is -2.36. The molecule has 28 heavy (non-hydrogen) atoms. The Morgan fingerprint density at radius 1 is 1.36 bits per heavy atom. The Morgan fingerprint density at radius 2 is 2.11 bits per heavy atom. The maximum Gasteiger partial charge on any atom is 0.328 e. The summed E-state index contributed by atoms with van der Waals surface area (Å²) in [6.07, 6.45) is 1.97. The predicted octanol–water partition coefficient (Wildman–Crippen LogP) is 2.54. The number of rotatable bonds is 4. The molecule has 150 valence electrons. The molecule has 2 N–H and O–H groups in total. The van der Waals surface area contributed by atoms with Crippen LogP contribution in [0.25, 0.3) is 0 Å². The van der Waals surface area contributed by atoms with E-state index in [1.807, 2.05) is 0 Å². The lowest BCUT2D eigenvalue weighted by atomic mass is 9.95. The van der Waals surface area contributed by atoms with Gasteiger partial charge in [0.2, 0.25) is 0 Å². The second kappa shape index (κ2) is 7.95. The molecule has 2 aromatic rings. The minimum atomic E-state index is -0.850. The van der Waals surface area contributed by atoms with E-state index < -0.39 is 35.7 Å². The molecule has 1 aromatic carbocycles. The molecule has 0 saturated carbocycles. The number of nitrogens with zero attached hydrogens (tertiary/aromatic N) is 2. The highest BCUT2D eigenvalue weighted by Gasteiger charge is 2.37. The fraction of sp³-hybridized carbons (Fsp3) is 0.421. The van der Waals surface area contributed by atoms with E-state index in [-0.39, 0.29) is 18.0 Å². The number of benzene rings is 1. The van der Waals surface area contributed by atoms with E-state index in [0.717, 1.165) is 17.8 Å². The maximum atomic E-state index is 14.5. The topological polar surface area (TPSA) is 87.3 Å². The van der Waals surface area contributed by atoms with Crippen LogP contribution in [-0.2, 0) is 16.0 Å². The van der Waals surface area contributed by atoms with E-state index in [4.69, 9.17) is 4.74 Å². The highest BCUT2D eigenvalue weighted by molar-refractivity contribution is 5.84. The summed E-state index contributed by atoms with van der Waals surface area (Å²) in [6.45, 7) is 3.83. The molecule has 0 bridgehead atoms. The first-order chi connectivity index (χ1) is 13.3. The van der Waals surface area contributed by atoms with Gasteiger partial charge in [0.15, 0.2) is 0 Å². The van der Waals surface area contributed by atoms with Gasteiger partial charge in [-0.25, -0.2) is 23.4 Å². The molecule has 0 radical (unpaired) electrons. The minimum Gasteiger partial charge on any atom is -0.467 e. The summed E-state index contributed by atoms with van der Waals surface area (Å²) in [7, 11) is 1.25. The summed E-state index contributed by atoms with van der Waals surface area (Å²) in [4.78, 5) is 33.6. The van der Waals surface area contributed by atoms with E-state index >= 15 is 0 Å². The quantitative estimate of drug-likeness (QED) is 0.783. The number of urea groups is 1. The molecule has 2 amide bonds. The average Bonchev–Trinajstić information content (AvgIpc) is 3.13. The number of aromatic nitrogens is 2. The fourth-order valence-corrected chi connectivity index (χ4v) is 3.37. The molecular formula is C19H22F2N4O3. The Bertz CT molecular complexity index is 884. The number of aromatic amines is 1. The molecule has 1 aromatic heterocycles. The standard InChI is InChI=1S/C19H22F2N4O3/c1-10(2)15(18(26)28-3)24-19(27)25-7-6-14-16(23-9-22-14)17(25)12-5-4-11(20)8-13(12)21/h4-5,8-10,15,17H,6-7H2,1-3H3,(H,22,23)(H,24,27)/t15-,17-/m0/s1. The third-order valence-electron chi connectivity index (χ3n) is 4.84. The van der Waals surface area contributed by atoms with Gasteiger partial charge in [-0.1, -0.05) is 19.9 Å². The third kappa shape index (κ3) is 3.69. The molecule has 0 aliphatic carbocycles. The molecule has 2 atom stereocenters. The number of fused-ring (bicyclic) bond motifs is 1. The molecular weight excluding hydrogens is 370 g/mol. The Morgan fingerprint density at radius 3 is 2.75 bits per heavy atom. The highest BCUT2D eigenvalue weighted by atomic mass is 19.1. The van der Waals surface area contributed by atoms with Crippen molar-refractivity contribution in [2.75, 3.05) is 13.7 Å². The third-order valence-corrected chi connectivity index (χ3v) is 4.84. The van der Waals surface area contributed by atoms with Crippen LogP contribution < -0.4 is 5.32 Å². The van der Waals surface area contributed by atoms with Crippen molar-refractivity contribution in [2.45, 2.75) is 32.4 Å². The number of amides is 2. The van der Waals surface area contributed by atoms with Gasteiger partial charge in [0.25, 0.3) is 0 Å². The molecule has 7 nitrogen and oxygen atoms in total. The number of hydrogen-bond donors (Lipinski definition) is 2. The molecule has 3 rings (SSSR count). The van der Waals surface area contributed by atoms with Crippen LogP contribution in [-0.4, -0.2) is 46.6 Å². The number of halogens is 2. The smallest absolute Gasteiger partial charge is 0.328 e. The average molecular weight is 392 g/mol. The molecule has 0 fully saturated rings. The number of methoxy groups -OCH3 is 1. The lowest BCUT2D eigenvalue weighted by Crippen LogP contribution is -2.53. The van der Waals surface area contributed by atoms with Gasteiger partial charge in [-0.15, -0.1) is 0 Å². The summed E-state index contributed by atoms with van der Waals surface area (Å²) in [6, 6.07) is 0.974. The molecule has 0 saturated heterocycles. The van der Waals surface area contributed by atoms with Crippen molar-refractivity contribution in [3.63, 3.8) is 0 Å². The molecule has 0 spiro atoms. The van der Waals surface area contributed by atoms with Crippen LogP contribution in [0.4, 0.5) is 13.6 Å². The van der Waals surface area contributed by atoms with Crippen LogP contribution >= 0.6 is 0 Å². The largest absolute Gasteiger partial charge is 0.467 e. The van der Waals surface area contributed by atoms with Gasteiger partial charge in [-0.3, -0.25) is 0 Å². The Labute approximate surface area is 161 Å². The Kier molecular flexibility index (Phi) is 5.62. The molecule has 2 heterocycles. The molecule has 1 aliphatic rings. The SMILES string of the molecule is COC(=O)[C@@H](NC(=O)N1CCc2[nH]cnc2[C@@H]1c1ccc(F)cc1F)C(C)C. The number of H-pyrrole nitrogens is 1. The zero-order valence-corrected chi connectivity index (χ0v) is 15.8. The number of imidazole rings is 1. The fourth-order valence-electron chi connectivity index (χ4n) is 3.37. The Balaban J connectivity index is 1.96. The monoisotopic (exact) mass is 392 g/mol. The van der Waals surface area contributed by atoms with E-state index in [1.165, 1.54) is 24.4 Å². The highest BCUT2D eigenvalue weighted by Crippen LogP contribution is 2.35. The van der Waals surface area contributed by atoms with Gasteiger partial charge in [0.05, 0.1) is 19.1 Å². The molecule has 9 heteroatoms. The summed E-state index contributed by atoms with van der Waals surface area (Å²) < 4.78 is 32.7. The van der Waals surface area contributed by atoms with E-state index in [1.54, 1.807) is 13.8 Å². The second-order valence-electron chi connectivity index (χ2n) is 6.97. The number of nitrogens with one attached hydrogen (secondary N) is 2. The number of ether oxygens (including phenoxy) is 1. The van der Waals surface area contributed by atoms with Crippen molar-refractivity contribution in [3.05, 3.63) is 53.1 Å². The van der Waals surface area contributed by atoms with Crippen molar-refractivity contribution in [1.82, 2.24) is 20.2 Å². The number of carbonyl (C=O) groups is 2. The van der Waals surface area contributed by atoms with Gasteiger partial charge in [-0.05, 0) is 12.0 Å². The van der Waals surface area contributed by atoms with Crippen molar-refractivity contribution in [1.29, 1.82) is 0 Å². The first-order valence-electron chi connectivity index (χ1n) is 8.95. The summed E-state index contributed by atoms with van der Waals surface area (Å²) in [5, 5.41) is 2.67. The first kappa shape index (κ1) is 19.8. The maximum absolute atomic E-state index is 14.5. The van der Waals surface area contributed by atoms with Crippen molar-refractivity contribution >= 4 is 12.0 Å². The van der Waals surface area contributed by atoms with E-state index in [2.05, 4.69) is 15.3 Å². The van der Waals surface area contributed by atoms with Crippen LogP contribution in [0, 0.1) is 17.6 Å². The Hall–Kier alpha value is -2.97. The lowest BCUT2D eigenvalue weighted by molar-refractivity contribution is -0.144. The summed E-state index contributed by atoms with van der Waals surface area (Å²) in [5.41, 5.74) is 1.40. The second-order valence-corrected chi connectivity index (χ2v) is 6.97. The first-order valence-corrected chi connectivity index (χ1v) is 8.95. The summed E-state index contributed by atoms with van der Waals surface area (Å²) >= 11 is 0. The van der Waals surface area contributed by atoms with Gasteiger partial charge >= 0.3 is 12.0 Å². The normalized spacial score (nSPS) is 17.2. The molecule has 0 unspecified atom stereocenters. The van der Waals surface area contributed by atoms with Crippen LogP contribution in [0.2, 0.25) is 0 Å². The number of hydrogen-bond acceptors (Lipinski definition) is 4. The van der Waals surface area contributed by atoms with Crippen LogP contribution in [0.1, 0.15) is 36.8 Å². The number of esters is 1. The summed E-state index contributed by atoms with van der Waals surface area (Å²) in [5.74, 6) is -2.25. The predicted molar refractivity (Wildman–Crippen MR) is 96.4 cm³/mol. The van der Waals surface area contributed by atoms with Gasteiger partial charge in [-0.2, -0.15) is 0 Å².